The summed E-state index contributed by atoms with van der Waals surface area (Å²) >= 11 is 0. The number of amides is 1. The maximum atomic E-state index is 13.4. The van der Waals surface area contributed by atoms with Crippen LogP contribution in [-0.2, 0) is 14.3 Å². The summed E-state index contributed by atoms with van der Waals surface area (Å²) in [5.41, 5.74) is 2.70. The first-order chi connectivity index (χ1) is 18.1. The van der Waals surface area contributed by atoms with Gasteiger partial charge in [0.2, 0.25) is 0 Å². The highest BCUT2D eigenvalue weighted by Gasteiger charge is 2.35. The summed E-state index contributed by atoms with van der Waals surface area (Å²) in [4.78, 5) is 34.0. The van der Waals surface area contributed by atoms with Crippen molar-refractivity contribution in [1.82, 2.24) is 4.90 Å². The zero-order valence-corrected chi connectivity index (χ0v) is 21.2. The normalized spacial score (nSPS) is 15.2. The SMILES string of the molecule is CCCCN1C(=O)/C(=C\CN(c2ccccc2)c2ccccc2)OC1=Nc1ccccc1C(=O)OCC. The van der Waals surface area contributed by atoms with Gasteiger partial charge in [-0.25, -0.2) is 4.79 Å². The highest BCUT2D eigenvalue weighted by atomic mass is 16.5. The molecule has 190 valence electrons. The van der Waals surface area contributed by atoms with Gasteiger partial charge < -0.3 is 14.4 Å². The molecule has 0 atom stereocenters. The summed E-state index contributed by atoms with van der Waals surface area (Å²) in [6.07, 6.45) is 3.48. The van der Waals surface area contributed by atoms with E-state index in [1.807, 2.05) is 60.7 Å². The zero-order chi connectivity index (χ0) is 26.0. The molecule has 0 aromatic heterocycles. The number of amidine groups is 1. The number of carbonyl (C=O) groups is 2. The van der Waals surface area contributed by atoms with Gasteiger partial charge in [0.05, 0.1) is 17.9 Å². The van der Waals surface area contributed by atoms with Crippen molar-refractivity contribution in [2.45, 2.75) is 26.7 Å². The second kappa shape index (κ2) is 12.5. The van der Waals surface area contributed by atoms with Crippen LogP contribution in [0.3, 0.4) is 0 Å². The Hall–Kier alpha value is -4.39. The van der Waals surface area contributed by atoms with Gasteiger partial charge in [-0.1, -0.05) is 61.9 Å². The van der Waals surface area contributed by atoms with Crippen molar-refractivity contribution >= 4 is 35.0 Å². The van der Waals surface area contributed by atoms with Crippen molar-refractivity contribution < 1.29 is 19.1 Å². The van der Waals surface area contributed by atoms with Crippen LogP contribution in [0.2, 0.25) is 0 Å². The molecule has 3 aromatic carbocycles. The summed E-state index contributed by atoms with van der Waals surface area (Å²) in [6, 6.07) is 27.0. The first-order valence-corrected chi connectivity index (χ1v) is 12.5. The van der Waals surface area contributed by atoms with E-state index in [0.29, 0.717) is 24.3 Å². The Labute approximate surface area is 217 Å². The van der Waals surface area contributed by atoms with Crippen LogP contribution in [0.1, 0.15) is 37.0 Å². The van der Waals surface area contributed by atoms with E-state index in [0.717, 1.165) is 24.2 Å². The maximum Gasteiger partial charge on any atom is 0.340 e. The number of carbonyl (C=O) groups excluding carboxylic acids is 2. The van der Waals surface area contributed by atoms with Crippen molar-refractivity contribution in [3.8, 4) is 0 Å². The molecule has 37 heavy (non-hydrogen) atoms. The maximum absolute atomic E-state index is 13.4. The van der Waals surface area contributed by atoms with Gasteiger partial charge in [-0.3, -0.25) is 9.69 Å². The average Bonchev–Trinajstić information content (AvgIpc) is 3.22. The van der Waals surface area contributed by atoms with E-state index < -0.39 is 5.97 Å². The molecule has 7 heteroatoms. The lowest BCUT2D eigenvalue weighted by Crippen LogP contribution is -2.31. The molecular formula is C30H31N3O4. The summed E-state index contributed by atoms with van der Waals surface area (Å²) in [5, 5.41) is 0. The quantitative estimate of drug-likeness (QED) is 0.245. The van der Waals surface area contributed by atoms with Crippen LogP contribution in [0.15, 0.2) is 102 Å². The molecule has 0 saturated carbocycles. The number of benzene rings is 3. The third-order valence-corrected chi connectivity index (χ3v) is 5.83. The number of hydrogen-bond acceptors (Lipinski definition) is 6. The van der Waals surface area contributed by atoms with Crippen LogP contribution >= 0.6 is 0 Å². The van der Waals surface area contributed by atoms with Gasteiger partial charge in [-0.2, -0.15) is 4.99 Å². The lowest BCUT2D eigenvalue weighted by atomic mass is 10.2. The largest absolute Gasteiger partial charge is 0.462 e. The fourth-order valence-corrected chi connectivity index (χ4v) is 3.95. The Kier molecular flexibility index (Phi) is 8.70. The lowest BCUT2D eigenvalue weighted by Gasteiger charge is -2.23. The van der Waals surface area contributed by atoms with E-state index in [1.165, 1.54) is 4.90 Å². The third kappa shape index (κ3) is 6.25. The summed E-state index contributed by atoms with van der Waals surface area (Å²) in [7, 11) is 0. The van der Waals surface area contributed by atoms with Gasteiger partial charge in [0.25, 0.3) is 5.91 Å². The molecule has 4 rings (SSSR count). The van der Waals surface area contributed by atoms with Crippen molar-refractivity contribution in [3.05, 3.63) is 102 Å². The Balaban J connectivity index is 1.65. The van der Waals surface area contributed by atoms with E-state index in [-0.39, 0.29) is 24.3 Å². The van der Waals surface area contributed by atoms with E-state index in [9.17, 15) is 9.59 Å². The van der Waals surface area contributed by atoms with Gasteiger partial charge in [0, 0.05) is 24.5 Å². The molecule has 1 heterocycles. The van der Waals surface area contributed by atoms with Gasteiger partial charge in [-0.15, -0.1) is 0 Å². The van der Waals surface area contributed by atoms with Crippen LogP contribution < -0.4 is 4.90 Å². The molecule has 1 fully saturated rings. The van der Waals surface area contributed by atoms with Crippen LogP contribution in [-0.4, -0.2) is 42.5 Å². The summed E-state index contributed by atoms with van der Waals surface area (Å²) in [6.45, 7) is 4.96. The summed E-state index contributed by atoms with van der Waals surface area (Å²) in [5.74, 6) is -0.508. The standard InChI is InChI=1S/C30H31N3O4/c1-3-5-21-33-28(34)27(37-30(33)31-26-19-13-12-18-25(26)29(35)36-4-2)20-22-32(23-14-8-6-9-15-23)24-16-10-7-11-17-24/h6-20H,3-5,21-22H2,1-2H3/b27-20+,31-30?. The number of esters is 1. The lowest BCUT2D eigenvalue weighted by molar-refractivity contribution is -0.123. The Morgan fingerprint density at radius 3 is 2.19 bits per heavy atom. The molecule has 0 aliphatic carbocycles. The Morgan fingerprint density at radius 2 is 1.57 bits per heavy atom. The Morgan fingerprint density at radius 1 is 0.946 bits per heavy atom. The van der Waals surface area contributed by atoms with Crippen LogP contribution in [0.25, 0.3) is 0 Å². The van der Waals surface area contributed by atoms with Crippen molar-refractivity contribution in [1.29, 1.82) is 0 Å². The molecule has 0 spiro atoms. The predicted molar refractivity (Wildman–Crippen MR) is 145 cm³/mol. The monoisotopic (exact) mass is 497 g/mol. The van der Waals surface area contributed by atoms with Gasteiger partial charge in [-0.05, 0) is 55.8 Å². The fraction of sp³-hybridized carbons (Fsp3) is 0.233. The number of anilines is 2. The topological polar surface area (TPSA) is 71.4 Å². The van der Waals surface area contributed by atoms with Crippen molar-refractivity contribution in [2.75, 3.05) is 24.6 Å². The number of rotatable bonds is 10. The van der Waals surface area contributed by atoms with E-state index >= 15 is 0 Å². The minimum Gasteiger partial charge on any atom is -0.462 e. The molecule has 1 aliphatic heterocycles. The molecular weight excluding hydrogens is 466 g/mol. The fourth-order valence-electron chi connectivity index (χ4n) is 3.95. The molecule has 1 saturated heterocycles. The van der Waals surface area contributed by atoms with Crippen LogP contribution in [0.5, 0.6) is 0 Å². The van der Waals surface area contributed by atoms with Crippen molar-refractivity contribution in [2.24, 2.45) is 4.99 Å². The number of para-hydroxylation sites is 3. The number of nitrogens with zero attached hydrogens (tertiary/aromatic N) is 3. The first kappa shape index (κ1) is 25.7. The Bertz CT molecular complexity index is 1230. The molecule has 0 unspecified atom stereocenters. The average molecular weight is 498 g/mol. The number of ether oxygens (including phenoxy) is 2. The smallest absolute Gasteiger partial charge is 0.340 e. The number of unbranched alkanes of at least 4 members (excludes halogenated alkanes) is 1. The molecule has 0 bridgehead atoms. The first-order valence-electron chi connectivity index (χ1n) is 12.5. The minimum atomic E-state index is -0.469. The van der Waals surface area contributed by atoms with Crippen LogP contribution in [0.4, 0.5) is 17.1 Å². The highest BCUT2D eigenvalue weighted by molar-refractivity contribution is 6.10. The van der Waals surface area contributed by atoms with Gasteiger partial charge >= 0.3 is 12.0 Å². The highest BCUT2D eigenvalue weighted by Crippen LogP contribution is 2.28. The van der Waals surface area contributed by atoms with E-state index in [4.69, 9.17) is 9.47 Å². The van der Waals surface area contributed by atoms with Crippen LogP contribution in [0, 0.1) is 0 Å². The minimum absolute atomic E-state index is 0.160. The van der Waals surface area contributed by atoms with Crippen molar-refractivity contribution in [3.63, 3.8) is 0 Å². The molecule has 0 N–H and O–H groups in total. The second-order valence-electron chi connectivity index (χ2n) is 8.39. The third-order valence-electron chi connectivity index (χ3n) is 5.83. The summed E-state index contributed by atoms with van der Waals surface area (Å²) < 4.78 is 11.2. The number of hydrogen-bond donors (Lipinski definition) is 0. The molecule has 3 aromatic rings. The van der Waals surface area contributed by atoms with Gasteiger partial charge in [0.15, 0.2) is 5.76 Å². The molecule has 0 radical (unpaired) electrons. The second-order valence-corrected chi connectivity index (χ2v) is 8.39. The van der Waals surface area contributed by atoms with E-state index in [2.05, 4.69) is 16.8 Å². The zero-order valence-electron chi connectivity index (χ0n) is 21.2. The molecule has 1 aliphatic rings. The van der Waals surface area contributed by atoms with E-state index in [1.54, 1.807) is 37.3 Å². The van der Waals surface area contributed by atoms with Gasteiger partial charge in [0.1, 0.15) is 0 Å². The molecule has 1 amide bonds. The number of aliphatic imine (C=N–C) groups is 1. The predicted octanol–water partition coefficient (Wildman–Crippen LogP) is 6.23. The molecule has 7 nitrogen and oxygen atoms in total.